The van der Waals surface area contributed by atoms with Crippen LogP contribution in [0.4, 0.5) is 13.2 Å². The predicted octanol–water partition coefficient (Wildman–Crippen LogP) is 1.83. The van der Waals surface area contributed by atoms with Crippen LogP contribution >= 0.6 is 0 Å². The molecule has 1 amide bonds. The second-order valence-corrected chi connectivity index (χ2v) is 5.30. The highest BCUT2D eigenvalue weighted by Crippen LogP contribution is 2.23. The van der Waals surface area contributed by atoms with Crippen molar-refractivity contribution in [1.29, 1.82) is 0 Å². The topological polar surface area (TPSA) is 76.1 Å². The van der Waals surface area contributed by atoms with Crippen LogP contribution in [0, 0.1) is 0 Å². The van der Waals surface area contributed by atoms with Crippen LogP contribution in [0.2, 0.25) is 0 Å². The quantitative estimate of drug-likeness (QED) is 0.879. The normalized spacial score (nSPS) is 18.3. The van der Waals surface area contributed by atoms with Crippen LogP contribution < -0.4 is 4.74 Å². The van der Waals surface area contributed by atoms with E-state index in [1.165, 1.54) is 17.0 Å². The highest BCUT2D eigenvalue weighted by atomic mass is 19.4. The molecule has 1 heterocycles. The largest absolute Gasteiger partial charge is 0.573 e. The van der Waals surface area contributed by atoms with E-state index in [4.69, 9.17) is 9.84 Å². The third kappa shape index (κ3) is 5.73. The summed E-state index contributed by atoms with van der Waals surface area (Å²) in [5.41, 5.74) is 0.538. The van der Waals surface area contributed by atoms with Gasteiger partial charge in [-0.25, -0.2) is 0 Å². The molecule has 0 bridgehead atoms. The van der Waals surface area contributed by atoms with Crippen molar-refractivity contribution >= 4 is 11.9 Å². The first-order valence-corrected chi connectivity index (χ1v) is 7.19. The van der Waals surface area contributed by atoms with Gasteiger partial charge >= 0.3 is 12.3 Å². The number of rotatable bonds is 5. The molecule has 1 saturated heterocycles. The summed E-state index contributed by atoms with van der Waals surface area (Å²) in [6.45, 7) is 0.784. The summed E-state index contributed by atoms with van der Waals surface area (Å²) in [5.74, 6) is -1.60. The fourth-order valence-corrected chi connectivity index (χ4v) is 2.36. The first-order valence-electron chi connectivity index (χ1n) is 7.19. The fourth-order valence-electron chi connectivity index (χ4n) is 2.36. The first kappa shape index (κ1) is 18.1. The SMILES string of the molecule is O=C(O)C[C@@H]1CN(C(=O)Cc2ccc(OC(F)(F)F)cc2)CCO1. The smallest absolute Gasteiger partial charge is 0.481 e. The molecule has 1 aromatic rings. The zero-order valence-corrected chi connectivity index (χ0v) is 12.6. The Morgan fingerprint density at radius 3 is 2.54 bits per heavy atom. The molecule has 1 fully saturated rings. The van der Waals surface area contributed by atoms with Gasteiger partial charge in [-0.1, -0.05) is 12.1 Å². The number of aliphatic carboxylic acids is 1. The van der Waals surface area contributed by atoms with Gasteiger partial charge in [0.1, 0.15) is 5.75 Å². The number of halogens is 3. The van der Waals surface area contributed by atoms with Crippen molar-refractivity contribution in [1.82, 2.24) is 4.90 Å². The molecule has 0 unspecified atom stereocenters. The molecule has 6 nitrogen and oxygen atoms in total. The number of amides is 1. The van der Waals surface area contributed by atoms with Crippen molar-refractivity contribution in [2.24, 2.45) is 0 Å². The molecule has 1 aliphatic rings. The third-order valence-corrected chi connectivity index (χ3v) is 3.41. The number of ether oxygens (including phenoxy) is 2. The molecule has 132 valence electrons. The average molecular weight is 347 g/mol. The number of nitrogens with zero attached hydrogens (tertiary/aromatic N) is 1. The second kappa shape index (κ2) is 7.52. The molecule has 0 radical (unpaired) electrons. The summed E-state index contributed by atoms with van der Waals surface area (Å²) in [4.78, 5) is 24.4. The van der Waals surface area contributed by atoms with E-state index >= 15 is 0 Å². The van der Waals surface area contributed by atoms with E-state index in [2.05, 4.69) is 4.74 Å². The molecule has 1 N–H and O–H groups in total. The van der Waals surface area contributed by atoms with Crippen molar-refractivity contribution in [3.05, 3.63) is 29.8 Å². The molecule has 9 heteroatoms. The van der Waals surface area contributed by atoms with Gasteiger partial charge < -0.3 is 19.5 Å². The van der Waals surface area contributed by atoms with Crippen molar-refractivity contribution in [3.63, 3.8) is 0 Å². The van der Waals surface area contributed by atoms with Gasteiger partial charge in [0.25, 0.3) is 0 Å². The van der Waals surface area contributed by atoms with Gasteiger partial charge in [-0.05, 0) is 17.7 Å². The van der Waals surface area contributed by atoms with E-state index in [9.17, 15) is 22.8 Å². The zero-order chi connectivity index (χ0) is 17.7. The Morgan fingerprint density at radius 2 is 1.96 bits per heavy atom. The number of hydrogen-bond acceptors (Lipinski definition) is 4. The van der Waals surface area contributed by atoms with Crippen LogP contribution in [0.1, 0.15) is 12.0 Å². The highest BCUT2D eigenvalue weighted by Gasteiger charge is 2.31. The minimum absolute atomic E-state index is 0.00604. The molecule has 2 rings (SSSR count). The van der Waals surface area contributed by atoms with Crippen molar-refractivity contribution in [2.75, 3.05) is 19.7 Å². The van der Waals surface area contributed by atoms with Crippen LogP contribution in [0.3, 0.4) is 0 Å². The van der Waals surface area contributed by atoms with Crippen molar-refractivity contribution < 1.29 is 37.3 Å². The Hall–Kier alpha value is -2.29. The summed E-state index contributed by atoms with van der Waals surface area (Å²) in [7, 11) is 0. The lowest BCUT2D eigenvalue weighted by atomic mass is 10.1. The molecule has 1 aliphatic heterocycles. The maximum absolute atomic E-state index is 12.2. The Morgan fingerprint density at radius 1 is 1.29 bits per heavy atom. The van der Waals surface area contributed by atoms with Crippen molar-refractivity contribution in [2.45, 2.75) is 25.3 Å². The molecule has 0 aromatic heterocycles. The Labute approximate surface area is 135 Å². The van der Waals surface area contributed by atoms with Gasteiger partial charge in [0.2, 0.25) is 5.91 Å². The first-order chi connectivity index (χ1) is 11.2. The predicted molar refractivity (Wildman–Crippen MR) is 75.4 cm³/mol. The number of morpholine rings is 1. The third-order valence-electron chi connectivity index (χ3n) is 3.41. The number of carbonyl (C=O) groups excluding carboxylic acids is 1. The summed E-state index contributed by atoms with van der Waals surface area (Å²) in [6, 6.07) is 5.05. The van der Waals surface area contributed by atoms with Gasteiger partial charge in [0.15, 0.2) is 0 Å². The number of carboxylic acids is 1. The maximum Gasteiger partial charge on any atom is 0.573 e. The zero-order valence-electron chi connectivity index (χ0n) is 12.6. The lowest BCUT2D eigenvalue weighted by molar-refractivity contribution is -0.274. The van der Waals surface area contributed by atoms with E-state index in [0.29, 0.717) is 12.1 Å². The van der Waals surface area contributed by atoms with Crippen LogP contribution in [0.15, 0.2) is 24.3 Å². The molecule has 0 spiro atoms. The molecule has 24 heavy (non-hydrogen) atoms. The van der Waals surface area contributed by atoms with Gasteiger partial charge in [-0.15, -0.1) is 13.2 Å². The Kier molecular flexibility index (Phi) is 5.66. The van der Waals surface area contributed by atoms with Crippen LogP contribution in [-0.2, 0) is 20.7 Å². The lowest BCUT2D eigenvalue weighted by Crippen LogP contribution is -2.46. The molecule has 1 aromatic carbocycles. The summed E-state index contributed by atoms with van der Waals surface area (Å²) in [6.07, 6.45) is -5.49. The molecular formula is C15H16F3NO5. The number of alkyl halides is 3. The Balaban J connectivity index is 1.90. The minimum Gasteiger partial charge on any atom is -0.481 e. The molecular weight excluding hydrogens is 331 g/mol. The Bertz CT molecular complexity index is 588. The van der Waals surface area contributed by atoms with E-state index in [1.54, 1.807) is 0 Å². The number of carbonyl (C=O) groups is 2. The summed E-state index contributed by atoms with van der Waals surface area (Å²) in [5, 5.41) is 8.76. The lowest BCUT2D eigenvalue weighted by Gasteiger charge is -2.32. The second-order valence-electron chi connectivity index (χ2n) is 5.30. The molecule has 1 atom stereocenters. The van der Waals surface area contributed by atoms with E-state index in [1.807, 2.05) is 0 Å². The molecule has 0 aliphatic carbocycles. The number of hydrogen-bond donors (Lipinski definition) is 1. The number of benzene rings is 1. The monoisotopic (exact) mass is 347 g/mol. The van der Waals surface area contributed by atoms with Gasteiger partial charge in [-0.3, -0.25) is 9.59 Å². The molecule has 0 saturated carbocycles. The van der Waals surface area contributed by atoms with E-state index < -0.39 is 18.4 Å². The van der Waals surface area contributed by atoms with E-state index in [-0.39, 0.29) is 37.6 Å². The minimum atomic E-state index is -4.76. The van der Waals surface area contributed by atoms with E-state index in [0.717, 1.165) is 12.1 Å². The highest BCUT2D eigenvalue weighted by molar-refractivity contribution is 5.79. The van der Waals surface area contributed by atoms with Gasteiger partial charge in [-0.2, -0.15) is 0 Å². The summed E-state index contributed by atoms with van der Waals surface area (Å²) < 4.78 is 45.3. The van der Waals surface area contributed by atoms with Gasteiger partial charge in [0, 0.05) is 13.1 Å². The van der Waals surface area contributed by atoms with Gasteiger partial charge in [0.05, 0.1) is 25.6 Å². The van der Waals surface area contributed by atoms with Crippen LogP contribution in [-0.4, -0.2) is 54.0 Å². The fraction of sp³-hybridized carbons (Fsp3) is 0.467. The number of carboxylic acid groups (broad SMARTS) is 1. The standard InChI is InChI=1S/C15H16F3NO5/c16-15(17,18)24-11-3-1-10(2-4-11)7-13(20)19-5-6-23-12(9-19)8-14(21)22/h1-4,12H,5-9H2,(H,21,22)/t12-/m1/s1. The average Bonchev–Trinajstić information content (AvgIpc) is 2.47. The summed E-state index contributed by atoms with van der Waals surface area (Å²) >= 11 is 0. The van der Waals surface area contributed by atoms with Crippen LogP contribution in [0.25, 0.3) is 0 Å². The van der Waals surface area contributed by atoms with Crippen LogP contribution in [0.5, 0.6) is 5.75 Å². The maximum atomic E-state index is 12.2. The van der Waals surface area contributed by atoms with Crippen molar-refractivity contribution in [3.8, 4) is 5.75 Å².